The lowest BCUT2D eigenvalue weighted by Gasteiger charge is -1.97. The highest BCUT2D eigenvalue weighted by atomic mass is 127. The Morgan fingerprint density at radius 3 is 2.93 bits per heavy atom. The quantitative estimate of drug-likeness (QED) is 0.516. The van der Waals surface area contributed by atoms with Crippen LogP contribution in [0.3, 0.4) is 0 Å². The van der Waals surface area contributed by atoms with Crippen LogP contribution in [-0.4, -0.2) is 19.4 Å². The number of halogens is 1. The fourth-order valence-electron chi connectivity index (χ4n) is 0.780. The summed E-state index contributed by atoms with van der Waals surface area (Å²) in [5, 5.41) is 3.72. The molecule has 14 heavy (non-hydrogen) atoms. The van der Waals surface area contributed by atoms with Crippen LogP contribution in [0.2, 0.25) is 0 Å². The normalized spacial score (nSPS) is 10.1. The van der Waals surface area contributed by atoms with Gasteiger partial charge in [0.1, 0.15) is 0 Å². The summed E-state index contributed by atoms with van der Waals surface area (Å²) in [5.41, 5.74) is 3.16. The molecule has 5 heteroatoms. The predicted molar refractivity (Wildman–Crippen MR) is 62.3 cm³/mol. The Hall–Kier alpha value is -1.11. The van der Waals surface area contributed by atoms with Gasteiger partial charge in [0.15, 0.2) is 0 Å². The van der Waals surface area contributed by atoms with E-state index in [2.05, 4.69) is 37.9 Å². The van der Waals surface area contributed by atoms with E-state index in [9.17, 15) is 4.79 Å². The van der Waals surface area contributed by atoms with Gasteiger partial charge in [-0.25, -0.2) is 10.2 Å². The first-order valence-corrected chi connectivity index (χ1v) is 4.93. The zero-order valence-corrected chi connectivity index (χ0v) is 9.69. The van der Waals surface area contributed by atoms with Crippen molar-refractivity contribution in [3.05, 3.63) is 33.4 Å². The highest BCUT2D eigenvalue weighted by Crippen LogP contribution is 2.08. The average molecular weight is 304 g/mol. The molecule has 0 saturated heterocycles. The lowest BCUT2D eigenvalue weighted by Crippen LogP contribution is -2.16. The van der Waals surface area contributed by atoms with Crippen LogP contribution in [0.4, 0.5) is 4.79 Å². The fourth-order valence-corrected chi connectivity index (χ4v) is 1.31. The van der Waals surface area contributed by atoms with Crippen LogP contribution in [0.15, 0.2) is 29.4 Å². The maximum atomic E-state index is 10.6. The van der Waals surface area contributed by atoms with Gasteiger partial charge in [0.05, 0.1) is 13.3 Å². The van der Waals surface area contributed by atoms with Crippen LogP contribution in [0.5, 0.6) is 0 Å². The van der Waals surface area contributed by atoms with Gasteiger partial charge in [-0.2, -0.15) is 5.10 Å². The van der Waals surface area contributed by atoms with Crippen LogP contribution in [-0.2, 0) is 4.74 Å². The molecule has 0 heterocycles. The number of nitrogens with zero attached hydrogens (tertiary/aromatic N) is 1. The fraction of sp³-hybridized carbons (Fsp3) is 0.111. The van der Waals surface area contributed by atoms with Crippen molar-refractivity contribution in [2.45, 2.75) is 0 Å². The number of benzene rings is 1. The number of amides is 1. The third kappa shape index (κ3) is 3.33. The number of hydrogen-bond donors (Lipinski definition) is 1. The molecule has 0 fully saturated rings. The number of carbonyl (C=O) groups is 1. The first-order chi connectivity index (χ1) is 6.74. The summed E-state index contributed by atoms with van der Waals surface area (Å²) in [7, 11) is 1.29. The molecule has 0 aliphatic carbocycles. The average Bonchev–Trinajstić information content (AvgIpc) is 2.20. The summed E-state index contributed by atoms with van der Waals surface area (Å²) >= 11 is 2.19. The second-order valence-electron chi connectivity index (χ2n) is 2.38. The molecule has 74 valence electrons. The van der Waals surface area contributed by atoms with E-state index < -0.39 is 6.09 Å². The van der Waals surface area contributed by atoms with Crippen molar-refractivity contribution in [2.24, 2.45) is 5.10 Å². The first-order valence-electron chi connectivity index (χ1n) is 3.85. The number of nitrogens with one attached hydrogen (secondary N) is 1. The number of methoxy groups -OCH3 is 1. The van der Waals surface area contributed by atoms with Gasteiger partial charge in [0.2, 0.25) is 0 Å². The molecule has 1 amide bonds. The monoisotopic (exact) mass is 304 g/mol. The highest BCUT2D eigenvalue weighted by molar-refractivity contribution is 14.1. The van der Waals surface area contributed by atoms with Gasteiger partial charge in [-0.05, 0) is 28.7 Å². The van der Waals surface area contributed by atoms with Gasteiger partial charge in [0, 0.05) is 9.13 Å². The molecular formula is C9H9IN2O2. The largest absolute Gasteiger partial charge is 0.452 e. The van der Waals surface area contributed by atoms with Gasteiger partial charge in [-0.3, -0.25) is 0 Å². The van der Waals surface area contributed by atoms with E-state index in [1.807, 2.05) is 24.3 Å². The molecule has 0 spiro atoms. The first kappa shape index (κ1) is 11.0. The van der Waals surface area contributed by atoms with Crippen molar-refractivity contribution in [1.82, 2.24) is 5.43 Å². The van der Waals surface area contributed by atoms with Crippen LogP contribution in [0.25, 0.3) is 0 Å². The Morgan fingerprint density at radius 2 is 2.29 bits per heavy atom. The molecule has 0 unspecified atom stereocenters. The minimum atomic E-state index is -0.577. The highest BCUT2D eigenvalue weighted by Gasteiger charge is 1.95. The van der Waals surface area contributed by atoms with E-state index >= 15 is 0 Å². The molecule has 0 aliphatic rings. The maximum absolute atomic E-state index is 10.6. The summed E-state index contributed by atoms with van der Waals surface area (Å²) in [4.78, 5) is 10.6. The Balaban J connectivity index is 2.60. The molecule has 0 aliphatic heterocycles. The number of ether oxygens (including phenoxy) is 1. The van der Waals surface area contributed by atoms with E-state index in [1.54, 1.807) is 6.21 Å². The van der Waals surface area contributed by atoms with E-state index in [0.29, 0.717) is 0 Å². The Bertz CT molecular complexity index is 352. The molecule has 4 nitrogen and oxygen atoms in total. The molecule has 1 aromatic carbocycles. The summed E-state index contributed by atoms with van der Waals surface area (Å²) < 4.78 is 5.42. The minimum absolute atomic E-state index is 0.577. The van der Waals surface area contributed by atoms with Crippen LogP contribution >= 0.6 is 22.6 Å². The zero-order chi connectivity index (χ0) is 10.4. The molecule has 0 aromatic heterocycles. The molecule has 1 aromatic rings. The lowest BCUT2D eigenvalue weighted by molar-refractivity contribution is 0.171. The number of hydrogen-bond acceptors (Lipinski definition) is 3. The van der Waals surface area contributed by atoms with Crippen molar-refractivity contribution in [3.63, 3.8) is 0 Å². The number of carbonyl (C=O) groups excluding carboxylic acids is 1. The molecule has 1 N–H and O–H groups in total. The molecule has 0 saturated carbocycles. The zero-order valence-electron chi connectivity index (χ0n) is 7.53. The van der Waals surface area contributed by atoms with Crippen molar-refractivity contribution in [1.29, 1.82) is 0 Å². The molecule has 0 radical (unpaired) electrons. The predicted octanol–water partition coefficient (Wildman–Crippen LogP) is 1.98. The number of hydrazone groups is 1. The minimum Gasteiger partial charge on any atom is -0.452 e. The Labute approximate surface area is 95.5 Å². The standard InChI is InChI=1S/C9H9IN2O2/c1-14-9(13)12-11-6-7-4-2-3-5-8(7)10/h2-6H,1H3,(H,12,13). The van der Waals surface area contributed by atoms with Gasteiger partial charge in [-0.1, -0.05) is 18.2 Å². The van der Waals surface area contributed by atoms with Crippen LogP contribution in [0, 0.1) is 3.57 Å². The summed E-state index contributed by atoms with van der Waals surface area (Å²) in [6.07, 6.45) is 0.991. The SMILES string of the molecule is COC(=O)NN=Cc1ccccc1I. The van der Waals surface area contributed by atoms with Crippen LogP contribution < -0.4 is 5.43 Å². The van der Waals surface area contributed by atoms with E-state index in [1.165, 1.54) is 7.11 Å². The van der Waals surface area contributed by atoms with E-state index in [-0.39, 0.29) is 0 Å². The van der Waals surface area contributed by atoms with Gasteiger partial charge in [0.25, 0.3) is 0 Å². The van der Waals surface area contributed by atoms with Crippen molar-refractivity contribution < 1.29 is 9.53 Å². The molecule has 0 atom stereocenters. The third-order valence-electron chi connectivity index (χ3n) is 1.45. The van der Waals surface area contributed by atoms with Gasteiger partial charge in [-0.15, -0.1) is 0 Å². The van der Waals surface area contributed by atoms with E-state index in [0.717, 1.165) is 9.13 Å². The van der Waals surface area contributed by atoms with Crippen molar-refractivity contribution >= 4 is 34.9 Å². The van der Waals surface area contributed by atoms with Gasteiger partial charge >= 0.3 is 6.09 Å². The molecule has 0 bridgehead atoms. The summed E-state index contributed by atoms with van der Waals surface area (Å²) in [6, 6.07) is 7.71. The second kappa shape index (κ2) is 5.58. The third-order valence-corrected chi connectivity index (χ3v) is 2.43. The van der Waals surface area contributed by atoms with Crippen molar-refractivity contribution in [2.75, 3.05) is 7.11 Å². The molecular weight excluding hydrogens is 295 g/mol. The number of rotatable bonds is 2. The Kier molecular flexibility index (Phi) is 4.37. The second-order valence-corrected chi connectivity index (χ2v) is 3.55. The Morgan fingerprint density at radius 1 is 1.57 bits per heavy atom. The smallest absolute Gasteiger partial charge is 0.427 e. The van der Waals surface area contributed by atoms with Crippen LogP contribution in [0.1, 0.15) is 5.56 Å². The van der Waals surface area contributed by atoms with Crippen molar-refractivity contribution in [3.8, 4) is 0 Å². The molecule has 1 rings (SSSR count). The van der Waals surface area contributed by atoms with Gasteiger partial charge < -0.3 is 4.74 Å². The van der Waals surface area contributed by atoms with E-state index in [4.69, 9.17) is 0 Å². The topological polar surface area (TPSA) is 50.7 Å². The maximum Gasteiger partial charge on any atom is 0.427 e. The lowest BCUT2D eigenvalue weighted by atomic mass is 10.2. The summed E-state index contributed by atoms with van der Waals surface area (Å²) in [6.45, 7) is 0. The summed E-state index contributed by atoms with van der Waals surface area (Å²) in [5.74, 6) is 0.